The lowest BCUT2D eigenvalue weighted by Gasteiger charge is -2.21. The summed E-state index contributed by atoms with van der Waals surface area (Å²) in [6, 6.07) is 4.04. The Morgan fingerprint density at radius 1 is 1.27 bits per heavy atom. The molecule has 0 heterocycles. The van der Waals surface area contributed by atoms with Gasteiger partial charge in [-0.3, -0.25) is 0 Å². The van der Waals surface area contributed by atoms with Gasteiger partial charge in [-0.2, -0.15) is 10.5 Å². The Morgan fingerprint density at radius 2 is 1.91 bits per heavy atom. The first-order valence-electron chi connectivity index (χ1n) is 3.44. The summed E-state index contributed by atoms with van der Waals surface area (Å²) in [6.45, 7) is 1.87. The average Bonchev–Trinajstić information content (AvgIpc) is 2.06. The maximum absolute atomic E-state index is 8.75. The van der Waals surface area contributed by atoms with Gasteiger partial charge in [-0.1, -0.05) is 25.2 Å². The van der Waals surface area contributed by atoms with E-state index in [4.69, 9.17) is 10.5 Å². The molecule has 1 atom stereocenters. The Kier molecular flexibility index (Phi) is 1.79. The molecule has 0 aromatic carbocycles. The number of nitriles is 2. The largest absolute Gasteiger partial charge is 0.196 e. The lowest BCUT2D eigenvalue weighted by molar-refractivity contribution is 0.500. The predicted molar refractivity (Wildman–Crippen MR) is 41.1 cm³/mol. The van der Waals surface area contributed by atoms with Gasteiger partial charge in [0.2, 0.25) is 0 Å². The third-order valence-corrected chi connectivity index (χ3v) is 1.96. The Bertz CT molecular complexity index is 272. The van der Waals surface area contributed by atoms with E-state index in [1.54, 1.807) is 12.2 Å². The van der Waals surface area contributed by atoms with Gasteiger partial charge in [0.25, 0.3) is 0 Å². The molecule has 0 radical (unpaired) electrons. The summed E-state index contributed by atoms with van der Waals surface area (Å²) < 4.78 is 0. The standard InChI is InChI=1S/C9H8N2/c1-8-4-2-3-5-9(8,6-10)7-11/h2-5,8H,1H3. The van der Waals surface area contributed by atoms with Crippen molar-refractivity contribution in [3.63, 3.8) is 0 Å². The normalized spacial score (nSPS) is 25.5. The maximum Gasteiger partial charge on any atom is 0.168 e. The monoisotopic (exact) mass is 144 g/mol. The van der Waals surface area contributed by atoms with E-state index in [0.29, 0.717) is 0 Å². The van der Waals surface area contributed by atoms with Gasteiger partial charge in [0, 0.05) is 5.92 Å². The minimum Gasteiger partial charge on any atom is -0.196 e. The third kappa shape index (κ3) is 1.04. The average molecular weight is 144 g/mol. The SMILES string of the molecule is CC1C=CC=CC1(C#N)C#N. The molecule has 0 fully saturated rings. The molecule has 1 unspecified atom stereocenters. The molecule has 0 saturated carbocycles. The second kappa shape index (κ2) is 2.60. The van der Waals surface area contributed by atoms with E-state index in [1.165, 1.54) is 0 Å². The van der Waals surface area contributed by atoms with Gasteiger partial charge in [-0.15, -0.1) is 0 Å². The van der Waals surface area contributed by atoms with Crippen LogP contribution in [0.15, 0.2) is 24.3 Å². The van der Waals surface area contributed by atoms with Crippen LogP contribution in [0.5, 0.6) is 0 Å². The number of hydrogen-bond acceptors (Lipinski definition) is 2. The maximum atomic E-state index is 8.75. The molecule has 1 aliphatic carbocycles. The highest BCUT2D eigenvalue weighted by Crippen LogP contribution is 2.31. The first kappa shape index (κ1) is 7.57. The van der Waals surface area contributed by atoms with Crippen molar-refractivity contribution in [2.45, 2.75) is 6.92 Å². The fraction of sp³-hybridized carbons (Fsp3) is 0.333. The van der Waals surface area contributed by atoms with Crippen molar-refractivity contribution in [2.24, 2.45) is 11.3 Å². The van der Waals surface area contributed by atoms with E-state index in [0.717, 1.165) is 0 Å². The van der Waals surface area contributed by atoms with Gasteiger partial charge < -0.3 is 0 Å². The van der Waals surface area contributed by atoms with Gasteiger partial charge in [-0.25, -0.2) is 0 Å². The summed E-state index contributed by atoms with van der Waals surface area (Å²) in [5, 5.41) is 17.5. The molecule has 0 spiro atoms. The Hall–Kier alpha value is -1.54. The Balaban J connectivity index is 3.06. The van der Waals surface area contributed by atoms with Gasteiger partial charge in [0.05, 0.1) is 12.1 Å². The molecule has 0 aromatic rings. The van der Waals surface area contributed by atoms with Crippen molar-refractivity contribution in [2.75, 3.05) is 0 Å². The van der Waals surface area contributed by atoms with Crippen LogP contribution in [-0.2, 0) is 0 Å². The Morgan fingerprint density at radius 3 is 2.27 bits per heavy atom. The summed E-state index contributed by atoms with van der Waals surface area (Å²) in [5.41, 5.74) is -0.936. The van der Waals surface area contributed by atoms with Crippen molar-refractivity contribution in [1.82, 2.24) is 0 Å². The molecule has 0 bridgehead atoms. The number of hydrogen-bond donors (Lipinski definition) is 0. The fourth-order valence-electron chi connectivity index (χ4n) is 1.04. The van der Waals surface area contributed by atoms with Gasteiger partial charge in [0.1, 0.15) is 0 Å². The van der Waals surface area contributed by atoms with E-state index >= 15 is 0 Å². The summed E-state index contributed by atoms with van der Waals surface area (Å²) in [6.07, 6.45) is 7.12. The molecule has 2 heteroatoms. The van der Waals surface area contributed by atoms with Gasteiger partial charge >= 0.3 is 0 Å². The zero-order valence-electron chi connectivity index (χ0n) is 6.28. The van der Waals surface area contributed by atoms with Crippen molar-refractivity contribution in [3.8, 4) is 12.1 Å². The Labute approximate surface area is 66.1 Å². The van der Waals surface area contributed by atoms with Crippen LogP contribution >= 0.6 is 0 Å². The molecule has 0 aromatic heterocycles. The second-order valence-electron chi connectivity index (χ2n) is 2.63. The quantitative estimate of drug-likeness (QED) is 0.520. The van der Waals surface area contributed by atoms with E-state index in [-0.39, 0.29) is 5.92 Å². The smallest absolute Gasteiger partial charge is 0.168 e. The summed E-state index contributed by atoms with van der Waals surface area (Å²) in [7, 11) is 0. The highest BCUT2D eigenvalue weighted by atomic mass is 14.4. The van der Waals surface area contributed by atoms with Crippen LogP contribution in [0.4, 0.5) is 0 Å². The molecular formula is C9H8N2. The molecule has 11 heavy (non-hydrogen) atoms. The molecule has 0 saturated heterocycles. The lowest BCUT2D eigenvalue weighted by Crippen LogP contribution is -2.22. The number of rotatable bonds is 0. The van der Waals surface area contributed by atoms with Crippen LogP contribution < -0.4 is 0 Å². The van der Waals surface area contributed by atoms with Crippen molar-refractivity contribution >= 4 is 0 Å². The first-order valence-corrected chi connectivity index (χ1v) is 3.44. The van der Waals surface area contributed by atoms with E-state index < -0.39 is 5.41 Å². The predicted octanol–water partition coefficient (Wildman–Crippen LogP) is 1.78. The molecular weight excluding hydrogens is 136 g/mol. The second-order valence-corrected chi connectivity index (χ2v) is 2.63. The number of nitrogens with zero attached hydrogens (tertiary/aromatic N) is 2. The number of allylic oxidation sites excluding steroid dienone is 4. The zero-order valence-corrected chi connectivity index (χ0v) is 6.28. The summed E-state index contributed by atoms with van der Waals surface area (Å²) >= 11 is 0. The van der Waals surface area contributed by atoms with Crippen LogP contribution in [-0.4, -0.2) is 0 Å². The van der Waals surface area contributed by atoms with Crippen molar-refractivity contribution in [3.05, 3.63) is 24.3 Å². The van der Waals surface area contributed by atoms with Crippen molar-refractivity contribution < 1.29 is 0 Å². The third-order valence-electron chi connectivity index (χ3n) is 1.96. The molecule has 1 aliphatic rings. The molecule has 2 nitrogen and oxygen atoms in total. The molecule has 0 amide bonds. The molecule has 1 rings (SSSR count). The van der Waals surface area contributed by atoms with E-state index in [2.05, 4.69) is 0 Å². The van der Waals surface area contributed by atoms with Gasteiger partial charge in [0.15, 0.2) is 5.41 Å². The lowest BCUT2D eigenvalue weighted by atomic mass is 9.76. The van der Waals surface area contributed by atoms with E-state index in [9.17, 15) is 0 Å². The molecule has 0 N–H and O–H groups in total. The molecule has 0 aliphatic heterocycles. The summed E-state index contributed by atoms with van der Waals surface area (Å²) in [5.74, 6) is -0.0116. The van der Waals surface area contributed by atoms with Crippen molar-refractivity contribution in [1.29, 1.82) is 10.5 Å². The van der Waals surface area contributed by atoms with Crippen LogP contribution in [0, 0.1) is 34.0 Å². The minimum atomic E-state index is -0.936. The topological polar surface area (TPSA) is 47.6 Å². The minimum absolute atomic E-state index is 0.0116. The highest BCUT2D eigenvalue weighted by molar-refractivity contribution is 5.33. The van der Waals surface area contributed by atoms with Crippen LogP contribution in [0.3, 0.4) is 0 Å². The van der Waals surface area contributed by atoms with E-state index in [1.807, 2.05) is 31.2 Å². The van der Waals surface area contributed by atoms with Crippen LogP contribution in [0.25, 0.3) is 0 Å². The van der Waals surface area contributed by atoms with Crippen LogP contribution in [0.1, 0.15) is 6.92 Å². The fourth-order valence-corrected chi connectivity index (χ4v) is 1.04. The first-order chi connectivity index (χ1) is 5.25. The summed E-state index contributed by atoms with van der Waals surface area (Å²) in [4.78, 5) is 0. The van der Waals surface area contributed by atoms with Crippen LogP contribution in [0.2, 0.25) is 0 Å². The highest BCUT2D eigenvalue weighted by Gasteiger charge is 2.33. The molecule has 54 valence electrons. The van der Waals surface area contributed by atoms with Gasteiger partial charge in [-0.05, 0) is 6.08 Å². The zero-order chi connectivity index (χ0) is 8.32.